The van der Waals surface area contributed by atoms with Gasteiger partial charge < -0.3 is 10.4 Å². The SMILES string of the molecule is O=C(O)[C@H]1C2c3ccccc3C(c3ccccc32)[C@@H]1C(=O)Nc1ccc(Cl)cc1. The monoisotopic (exact) mass is 403 g/mol. The number of fused-ring (bicyclic) bond motifs is 1. The molecule has 2 bridgehead atoms. The number of nitrogens with one attached hydrogen (secondary N) is 1. The van der Waals surface area contributed by atoms with E-state index in [2.05, 4.69) is 5.32 Å². The molecule has 2 N–H and O–H groups in total. The number of carbonyl (C=O) groups is 2. The highest BCUT2D eigenvalue weighted by Crippen LogP contribution is 2.58. The molecule has 5 heteroatoms. The molecular formula is C24H18ClNO3. The summed E-state index contributed by atoms with van der Waals surface area (Å²) in [6, 6.07) is 22.6. The number of carbonyl (C=O) groups excluding carboxylic acids is 1. The highest BCUT2D eigenvalue weighted by atomic mass is 35.5. The highest BCUT2D eigenvalue weighted by Gasteiger charge is 2.55. The van der Waals surface area contributed by atoms with Gasteiger partial charge in [-0.2, -0.15) is 0 Å². The number of hydrogen-bond donors (Lipinski definition) is 2. The van der Waals surface area contributed by atoms with E-state index in [1.54, 1.807) is 24.3 Å². The van der Waals surface area contributed by atoms with Crippen molar-refractivity contribution in [3.05, 3.63) is 100 Å². The Morgan fingerprint density at radius 3 is 1.62 bits per heavy atom. The number of hydrogen-bond acceptors (Lipinski definition) is 2. The minimum Gasteiger partial charge on any atom is -0.481 e. The Morgan fingerprint density at radius 2 is 1.17 bits per heavy atom. The molecule has 4 nitrogen and oxygen atoms in total. The van der Waals surface area contributed by atoms with Gasteiger partial charge in [-0.05, 0) is 46.5 Å². The number of halogens is 1. The lowest BCUT2D eigenvalue weighted by Gasteiger charge is -2.48. The summed E-state index contributed by atoms with van der Waals surface area (Å²) in [5, 5.41) is 13.6. The van der Waals surface area contributed by atoms with E-state index in [4.69, 9.17) is 11.6 Å². The van der Waals surface area contributed by atoms with Crippen LogP contribution in [0.3, 0.4) is 0 Å². The largest absolute Gasteiger partial charge is 0.481 e. The van der Waals surface area contributed by atoms with E-state index in [1.807, 2.05) is 48.5 Å². The summed E-state index contributed by atoms with van der Waals surface area (Å²) < 4.78 is 0. The molecular weight excluding hydrogens is 386 g/mol. The predicted octanol–water partition coefficient (Wildman–Crippen LogP) is 4.89. The quantitative estimate of drug-likeness (QED) is 0.654. The number of carboxylic acid groups (broad SMARTS) is 1. The van der Waals surface area contributed by atoms with Crippen molar-refractivity contribution in [1.82, 2.24) is 0 Å². The van der Waals surface area contributed by atoms with Crippen LogP contribution in [0, 0.1) is 11.8 Å². The maximum Gasteiger partial charge on any atom is 0.308 e. The minimum absolute atomic E-state index is 0.279. The molecule has 29 heavy (non-hydrogen) atoms. The van der Waals surface area contributed by atoms with Crippen molar-refractivity contribution < 1.29 is 14.7 Å². The van der Waals surface area contributed by atoms with Gasteiger partial charge in [-0.15, -0.1) is 0 Å². The Labute approximate surface area is 173 Å². The molecule has 3 aromatic rings. The van der Waals surface area contributed by atoms with Crippen LogP contribution in [0.4, 0.5) is 5.69 Å². The Morgan fingerprint density at radius 1 is 0.724 bits per heavy atom. The van der Waals surface area contributed by atoms with Crippen molar-refractivity contribution in [3.63, 3.8) is 0 Å². The zero-order chi connectivity index (χ0) is 20.1. The van der Waals surface area contributed by atoms with Crippen molar-refractivity contribution in [3.8, 4) is 0 Å². The normalized spacial score (nSPS) is 23.8. The molecule has 0 spiro atoms. The van der Waals surface area contributed by atoms with Crippen LogP contribution >= 0.6 is 11.6 Å². The van der Waals surface area contributed by atoms with E-state index >= 15 is 0 Å². The molecule has 0 fully saturated rings. The first kappa shape index (κ1) is 18.0. The first-order valence-electron chi connectivity index (χ1n) is 9.53. The van der Waals surface area contributed by atoms with Crippen LogP contribution in [-0.4, -0.2) is 17.0 Å². The molecule has 3 aliphatic carbocycles. The van der Waals surface area contributed by atoms with Gasteiger partial charge in [-0.25, -0.2) is 0 Å². The molecule has 0 saturated carbocycles. The van der Waals surface area contributed by atoms with E-state index in [9.17, 15) is 14.7 Å². The van der Waals surface area contributed by atoms with E-state index in [0.717, 1.165) is 22.3 Å². The Kier molecular flexibility index (Phi) is 4.18. The van der Waals surface area contributed by atoms with Crippen LogP contribution in [0.1, 0.15) is 34.1 Å². The van der Waals surface area contributed by atoms with Gasteiger partial charge >= 0.3 is 5.97 Å². The third-order valence-corrected chi connectivity index (χ3v) is 6.39. The fourth-order valence-electron chi connectivity index (χ4n) is 5.05. The molecule has 0 saturated heterocycles. The average Bonchev–Trinajstić information content (AvgIpc) is 2.74. The smallest absolute Gasteiger partial charge is 0.308 e. The van der Waals surface area contributed by atoms with Crippen molar-refractivity contribution in [1.29, 1.82) is 0 Å². The molecule has 6 rings (SSSR count). The molecule has 0 unspecified atom stereocenters. The van der Waals surface area contributed by atoms with Gasteiger partial charge in [-0.3, -0.25) is 9.59 Å². The minimum atomic E-state index is -0.944. The standard InChI is InChI=1S/C24H18ClNO3/c25-13-9-11-14(12-10-13)26-23(27)21-19-15-5-1-3-7-17(15)20(22(21)24(28)29)18-8-4-2-6-16(18)19/h1-12,19-22H,(H,26,27)(H,28,29)/t19?,20?,21-,22-/m0/s1. The van der Waals surface area contributed by atoms with Gasteiger partial charge in [0.2, 0.25) is 5.91 Å². The van der Waals surface area contributed by atoms with Crippen molar-refractivity contribution in [2.75, 3.05) is 5.32 Å². The van der Waals surface area contributed by atoms with Crippen molar-refractivity contribution in [2.45, 2.75) is 11.8 Å². The lowest BCUT2D eigenvalue weighted by molar-refractivity contribution is -0.148. The van der Waals surface area contributed by atoms with Crippen LogP contribution < -0.4 is 5.32 Å². The van der Waals surface area contributed by atoms with Gasteiger partial charge in [0.05, 0.1) is 11.8 Å². The molecule has 0 aliphatic heterocycles. The van der Waals surface area contributed by atoms with Crippen LogP contribution in [-0.2, 0) is 9.59 Å². The third-order valence-electron chi connectivity index (χ3n) is 6.14. The second kappa shape index (κ2) is 6.75. The van der Waals surface area contributed by atoms with Crippen LogP contribution in [0.2, 0.25) is 5.02 Å². The maximum atomic E-state index is 13.4. The lowest BCUT2D eigenvalue weighted by atomic mass is 9.54. The number of carboxylic acids is 1. The molecule has 2 atom stereocenters. The Bertz CT molecular complexity index is 1080. The molecule has 3 aromatic carbocycles. The second-order valence-electron chi connectivity index (χ2n) is 7.60. The van der Waals surface area contributed by atoms with Gasteiger partial charge in [-0.1, -0.05) is 60.1 Å². The Hall–Kier alpha value is -3.11. The molecule has 0 aromatic heterocycles. The predicted molar refractivity (Wildman–Crippen MR) is 111 cm³/mol. The van der Waals surface area contributed by atoms with Crippen LogP contribution in [0.25, 0.3) is 0 Å². The first-order chi connectivity index (χ1) is 14.1. The fourth-order valence-corrected chi connectivity index (χ4v) is 5.17. The molecule has 1 amide bonds. The molecule has 0 radical (unpaired) electrons. The highest BCUT2D eigenvalue weighted by molar-refractivity contribution is 6.30. The first-order valence-corrected chi connectivity index (χ1v) is 9.91. The number of amides is 1. The zero-order valence-electron chi connectivity index (χ0n) is 15.4. The average molecular weight is 404 g/mol. The van der Waals surface area contributed by atoms with Gasteiger partial charge in [0.25, 0.3) is 0 Å². The van der Waals surface area contributed by atoms with Crippen LogP contribution in [0.5, 0.6) is 0 Å². The number of anilines is 1. The summed E-state index contributed by atoms with van der Waals surface area (Å²) in [6.45, 7) is 0. The van der Waals surface area contributed by atoms with Crippen LogP contribution in [0.15, 0.2) is 72.8 Å². The second-order valence-corrected chi connectivity index (χ2v) is 8.04. The molecule has 3 aliphatic rings. The summed E-state index contributed by atoms with van der Waals surface area (Å²) in [4.78, 5) is 25.7. The van der Waals surface area contributed by atoms with Gasteiger partial charge in [0, 0.05) is 22.5 Å². The maximum absolute atomic E-state index is 13.4. The van der Waals surface area contributed by atoms with E-state index in [-0.39, 0.29) is 17.7 Å². The fraction of sp³-hybridized carbons (Fsp3) is 0.167. The van der Waals surface area contributed by atoms with Crippen molar-refractivity contribution >= 4 is 29.2 Å². The van der Waals surface area contributed by atoms with E-state index < -0.39 is 17.8 Å². The molecule has 144 valence electrons. The summed E-state index contributed by atoms with van der Waals surface area (Å²) in [5.74, 6) is -3.37. The zero-order valence-corrected chi connectivity index (χ0v) is 16.1. The van der Waals surface area contributed by atoms with Crippen molar-refractivity contribution in [2.24, 2.45) is 11.8 Å². The topological polar surface area (TPSA) is 66.4 Å². The summed E-state index contributed by atoms with van der Waals surface area (Å²) in [6.07, 6.45) is 0. The summed E-state index contributed by atoms with van der Waals surface area (Å²) >= 11 is 5.94. The summed E-state index contributed by atoms with van der Waals surface area (Å²) in [7, 11) is 0. The number of benzene rings is 3. The molecule has 0 heterocycles. The van der Waals surface area contributed by atoms with E-state index in [1.165, 1.54) is 0 Å². The van der Waals surface area contributed by atoms with Gasteiger partial charge in [0.15, 0.2) is 0 Å². The Balaban J connectivity index is 1.64. The lowest BCUT2D eigenvalue weighted by Crippen LogP contribution is -2.48. The summed E-state index contributed by atoms with van der Waals surface area (Å²) in [5.41, 5.74) is 4.72. The third kappa shape index (κ3) is 2.75. The van der Waals surface area contributed by atoms with Gasteiger partial charge in [0.1, 0.15) is 0 Å². The van der Waals surface area contributed by atoms with E-state index in [0.29, 0.717) is 10.7 Å². The number of rotatable bonds is 3. The number of aliphatic carboxylic acids is 1.